The van der Waals surface area contributed by atoms with Gasteiger partial charge in [-0.15, -0.1) is 0 Å². The summed E-state index contributed by atoms with van der Waals surface area (Å²) in [5.41, 5.74) is 13.0. The third-order valence-electron chi connectivity index (χ3n) is 4.04. The van der Waals surface area contributed by atoms with Gasteiger partial charge in [-0.1, -0.05) is 29.5 Å². The molecule has 0 radical (unpaired) electrons. The van der Waals surface area contributed by atoms with Gasteiger partial charge in [0, 0.05) is 5.56 Å². The molecule has 146 valence electrons. The van der Waals surface area contributed by atoms with Gasteiger partial charge < -0.3 is 15.8 Å². The predicted molar refractivity (Wildman–Crippen MR) is 113 cm³/mol. The summed E-state index contributed by atoms with van der Waals surface area (Å²) in [6, 6.07) is 14.4. The normalized spacial score (nSPS) is 10.5. The Morgan fingerprint density at radius 3 is 2.69 bits per heavy atom. The van der Waals surface area contributed by atoms with Gasteiger partial charge in [-0.3, -0.25) is 15.6 Å². The van der Waals surface area contributed by atoms with E-state index >= 15 is 0 Å². The maximum atomic E-state index is 12.2. The zero-order valence-electron chi connectivity index (χ0n) is 15.3. The Hall–Kier alpha value is -3.92. The van der Waals surface area contributed by atoms with Crippen LogP contribution in [0.2, 0.25) is 0 Å². The summed E-state index contributed by atoms with van der Waals surface area (Å²) < 4.78 is 6.20. The molecule has 2 aromatic carbocycles. The van der Waals surface area contributed by atoms with Crippen LogP contribution in [0.15, 0.2) is 54.9 Å². The lowest BCUT2D eigenvalue weighted by Crippen LogP contribution is -2.30. The largest absolute Gasteiger partial charge is 0.497 e. The number of benzene rings is 2. The molecular weight excluding hydrogens is 390 g/mol. The molecule has 29 heavy (non-hydrogen) atoms. The number of aromatic nitrogens is 3. The molecule has 2 heterocycles. The van der Waals surface area contributed by atoms with Crippen molar-refractivity contribution in [1.29, 1.82) is 0 Å². The van der Waals surface area contributed by atoms with Crippen molar-refractivity contribution in [2.45, 2.75) is 0 Å². The number of amides is 1. The number of methoxy groups -OCH3 is 1. The molecule has 0 saturated heterocycles. The maximum Gasteiger partial charge on any atom is 0.269 e. The average Bonchev–Trinajstić information content (AvgIpc) is 3.16. The minimum absolute atomic E-state index is 0.248. The monoisotopic (exact) mass is 407 g/mol. The topological polar surface area (TPSA) is 127 Å². The molecule has 0 spiro atoms. The van der Waals surface area contributed by atoms with Gasteiger partial charge in [0.05, 0.1) is 17.3 Å². The molecule has 4 aromatic rings. The molecule has 0 saturated carbocycles. The molecule has 10 heteroatoms. The number of rotatable bonds is 6. The zero-order valence-corrected chi connectivity index (χ0v) is 16.2. The highest BCUT2D eigenvalue weighted by atomic mass is 32.1. The van der Waals surface area contributed by atoms with Crippen LogP contribution in [-0.2, 0) is 0 Å². The van der Waals surface area contributed by atoms with Crippen molar-refractivity contribution in [3.8, 4) is 5.75 Å². The van der Waals surface area contributed by atoms with Gasteiger partial charge in [-0.05, 0) is 30.3 Å². The van der Waals surface area contributed by atoms with Crippen LogP contribution in [-0.4, -0.2) is 28.0 Å². The second kappa shape index (κ2) is 7.98. The van der Waals surface area contributed by atoms with E-state index in [-0.39, 0.29) is 17.4 Å². The van der Waals surface area contributed by atoms with Crippen LogP contribution in [0.3, 0.4) is 0 Å². The number of nitrogen functional groups attached to an aromatic ring is 1. The molecule has 0 fully saturated rings. The molecule has 9 nitrogen and oxygen atoms in total. The molecule has 0 bridgehead atoms. The number of fused-ring (bicyclic) bond motifs is 1. The highest BCUT2D eigenvalue weighted by molar-refractivity contribution is 7.22. The second-order valence-corrected chi connectivity index (χ2v) is 6.94. The zero-order chi connectivity index (χ0) is 20.2. The number of nitrogens with one attached hydrogen (secondary N) is 3. The minimum Gasteiger partial charge on any atom is -0.497 e. The molecule has 0 aliphatic rings. The quantitative estimate of drug-likeness (QED) is 0.359. The number of hydrogen-bond acceptors (Lipinski definition) is 9. The lowest BCUT2D eigenvalue weighted by Gasteiger charge is -2.12. The van der Waals surface area contributed by atoms with Gasteiger partial charge in [0.25, 0.3) is 5.91 Å². The van der Waals surface area contributed by atoms with Crippen molar-refractivity contribution in [2.75, 3.05) is 23.6 Å². The minimum atomic E-state index is -0.307. The number of carbonyl (C=O) groups excluding carboxylic acids is 1. The van der Waals surface area contributed by atoms with Crippen LogP contribution in [0.4, 0.5) is 22.5 Å². The Morgan fingerprint density at radius 1 is 1.10 bits per heavy atom. The number of ether oxygens (including phenoxy) is 1. The SMILES string of the molecule is COc1ccc2nc(Nc3ncnc(NNC(=O)c4ccccc4)c3N)sc2c1. The van der Waals surface area contributed by atoms with Crippen molar-refractivity contribution in [1.82, 2.24) is 20.4 Å². The summed E-state index contributed by atoms with van der Waals surface area (Å²) in [5.74, 6) is 1.10. The summed E-state index contributed by atoms with van der Waals surface area (Å²) in [6.07, 6.45) is 1.34. The second-order valence-electron chi connectivity index (χ2n) is 5.91. The van der Waals surface area contributed by atoms with E-state index in [1.54, 1.807) is 31.4 Å². The molecule has 0 atom stereocenters. The Labute approximate surface area is 169 Å². The first kappa shape index (κ1) is 18.4. The molecule has 1 amide bonds. The number of hydrogen-bond donors (Lipinski definition) is 4. The third kappa shape index (κ3) is 4.01. The molecule has 4 rings (SSSR count). The number of hydrazine groups is 1. The highest BCUT2D eigenvalue weighted by Gasteiger charge is 2.12. The van der Waals surface area contributed by atoms with Gasteiger partial charge in [0.2, 0.25) is 0 Å². The van der Waals surface area contributed by atoms with Crippen LogP contribution in [0.5, 0.6) is 5.75 Å². The fraction of sp³-hybridized carbons (Fsp3) is 0.0526. The smallest absolute Gasteiger partial charge is 0.269 e. The molecule has 2 aromatic heterocycles. The summed E-state index contributed by atoms with van der Waals surface area (Å²) in [5, 5.41) is 3.72. The van der Waals surface area contributed by atoms with Crippen molar-refractivity contribution in [3.63, 3.8) is 0 Å². The molecule has 5 N–H and O–H groups in total. The lowest BCUT2D eigenvalue weighted by atomic mass is 10.2. The van der Waals surface area contributed by atoms with E-state index in [1.165, 1.54) is 17.7 Å². The number of anilines is 4. The summed E-state index contributed by atoms with van der Waals surface area (Å²) in [4.78, 5) is 24.9. The van der Waals surface area contributed by atoms with E-state index < -0.39 is 0 Å². The fourth-order valence-corrected chi connectivity index (χ4v) is 3.45. The predicted octanol–water partition coefficient (Wildman–Crippen LogP) is 3.18. The third-order valence-corrected chi connectivity index (χ3v) is 4.97. The van der Waals surface area contributed by atoms with E-state index in [2.05, 4.69) is 31.1 Å². The van der Waals surface area contributed by atoms with E-state index in [1.807, 2.05) is 24.3 Å². The van der Waals surface area contributed by atoms with E-state index in [4.69, 9.17) is 10.5 Å². The summed E-state index contributed by atoms with van der Waals surface area (Å²) >= 11 is 1.44. The van der Waals surface area contributed by atoms with Crippen LogP contribution in [0.25, 0.3) is 10.2 Å². The van der Waals surface area contributed by atoms with Gasteiger partial charge in [0.1, 0.15) is 17.8 Å². The van der Waals surface area contributed by atoms with E-state index in [0.717, 1.165) is 16.0 Å². The summed E-state index contributed by atoms with van der Waals surface area (Å²) in [7, 11) is 1.62. The first-order chi connectivity index (χ1) is 14.1. The Bertz CT molecular complexity index is 1160. The van der Waals surface area contributed by atoms with Crippen molar-refractivity contribution in [2.24, 2.45) is 0 Å². The van der Waals surface area contributed by atoms with Gasteiger partial charge in [0.15, 0.2) is 16.8 Å². The van der Waals surface area contributed by atoms with Crippen LogP contribution < -0.4 is 26.6 Å². The molecule has 0 unspecified atom stereocenters. The lowest BCUT2D eigenvalue weighted by molar-refractivity contribution is 0.0962. The number of thiazole rings is 1. The Balaban J connectivity index is 1.50. The van der Waals surface area contributed by atoms with Gasteiger partial charge in [-0.2, -0.15) is 0 Å². The van der Waals surface area contributed by atoms with Crippen molar-refractivity contribution < 1.29 is 9.53 Å². The molecule has 0 aliphatic heterocycles. The molecule has 0 aliphatic carbocycles. The first-order valence-corrected chi connectivity index (χ1v) is 9.39. The molecular formula is C19H17N7O2S. The average molecular weight is 407 g/mol. The number of nitrogens with zero attached hydrogens (tertiary/aromatic N) is 3. The standard InChI is InChI=1S/C19H17N7O2S/c1-28-12-7-8-13-14(9-12)29-19(23-13)24-16-15(20)17(22-10-21-16)25-26-18(27)11-5-3-2-4-6-11/h2-10H,20H2,1H3,(H,26,27)(H2,21,22,23,24,25). The van der Waals surface area contributed by atoms with Crippen LogP contribution in [0.1, 0.15) is 10.4 Å². The van der Waals surface area contributed by atoms with Crippen LogP contribution in [0, 0.1) is 0 Å². The number of carbonyl (C=O) groups is 1. The maximum absolute atomic E-state index is 12.2. The summed E-state index contributed by atoms with van der Waals surface area (Å²) in [6.45, 7) is 0. The Morgan fingerprint density at radius 2 is 1.90 bits per heavy atom. The number of nitrogens with two attached hydrogens (primary N) is 1. The first-order valence-electron chi connectivity index (χ1n) is 8.57. The Kier molecular flexibility index (Phi) is 5.08. The fourth-order valence-electron chi connectivity index (χ4n) is 2.56. The van der Waals surface area contributed by atoms with Crippen LogP contribution >= 0.6 is 11.3 Å². The van der Waals surface area contributed by atoms with E-state index in [9.17, 15) is 4.79 Å². The van der Waals surface area contributed by atoms with E-state index in [0.29, 0.717) is 16.5 Å². The highest BCUT2D eigenvalue weighted by Crippen LogP contribution is 2.32. The van der Waals surface area contributed by atoms with Gasteiger partial charge in [-0.25, -0.2) is 15.0 Å². The van der Waals surface area contributed by atoms with Crippen molar-refractivity contribution in [3.05, 3.63) is 60.4 Å². The van der Waals surface area contributed by atoms with Crippen molar-refractivity contribution >= 4 is 49.9 Å². The van der Waals surface area contributed by atoms with Gasteiger partial charge >= 0.3 is 0 Å².